The predicted molar refractivity (Wildman–Crippen MR) is 63.9 cm³/mol. The SMILES string of the molecule is NC1(CCOCC(F)(F)F)CCOc2ccccc21. The van der Waals surface area contributed by atoms with Crippen molar-refractivity contribution in [2.45, 2.75) is 24.6 Å². The molecule has 3 nitrogen and oxygen atoms in total. The van der Waals surface area contributed by atoms with E-state index < -0.39 is 18.3 Å². The molecule has 2 N–H and O–H groups in total. The second-order valence-electron chi connectivity index (χ2n) is 4.67. The van der Waals surface area contributed by atoms with Gasteiger partial charge in [-0.3, -0.25) is 0 Å². The Balaban J connectivity index is 1.96. The molecule has 106 valence electrons. The van der Waals surface area contributed by atoms with Crippen LogP contribution in [0, 0.1) is 0 Å². The first-order valence-corrected chi connectivity index (χ1v) is 6.06. The molecule has 0 spiro atoms. The number of fused-ring (bicyclic) bond motifs is 1. The van der Waals surface area contributed by atoms with Crippen LogP contribution in [0.25, 0.3) is 0 Å². The molecule has 0 amide bonds. The highest BCUT2D eigenvalue weighted by Gasteiger charge is 2.34. The lowest BCUT2D eigenvalue weighted by atomic mass is 9.83. The maximum Gasteiger partial charge on any atom is 0.411 e. The minimum atomic E-state index is -4.30. The zero-order chi connectivity index (χ0) is 13.9. The van der Waals surface area contributed by atoms with Gasteiger partial charge >= 0.3 is 6.18 Å². The lowest BCUT2D eigenvalue weighted by Gasteiger charge is -2.35. The van der Waals surface area contributed by atoms with Crippen LogP contribution in [-0.2, 0) is 10.3 Å². The van der Waals surface area contributed by atoms with E-state index in [0.29, 0.717) is 25.2 Å². The van der Waals surface area contributed by atoms with Crippen molar-refractivity contribution in [3.05, 3.63) is 29.8 Å². The van der Waals surface area contributed by atoms with Crippen molar-refractivity contribution < 1.29 is 22.6 Å². The van der Waals surface area contributed by atoms with Gasteiger partial charge in [0, 0.05) is 18.6 Å². The standard InChI is InChI=1S/C13H16F3NO2/c14-13(15,16)9-18-7-5-12(17)6-8-19-11-4-2-1-3-10(11)12/h1-4H,5-9,17H2. The van der Waals surface area contributed by atoms with Crippen molar-refractivity contribution in [2.75, 3.05) is 19.8 Å². The lowest BCUT2D eigenvalue weighted by molar-refractivity contribution is -0.175. The van der Waals surface area contributed by atoms with Gasteiger partial charge in [-0.1, -0.05) is 18.2 Å². The van der Waals surface area contributed by atoms with E-state index >= 15 is 0 Å². The van der Waals surface area contributed by atoms with Crippen LogP contribution < -0.4 is 10.5 Å². The van der Waals surface area contributed by atoms with Gasteiger partial charge in [-0.15, -0.1) is 0 Å². The fourth-order valence-electron chi connectivity index (χ4n) is 2.18. The molecule has 1 unspecified atom stereocenters. The summed E-state index contributed by atoms with van der Waals surface area (Å²) in [4.78, 5) is 0. The van der Waals surface area contributed by atoms with Gasteiger partial charge < -0.3 is 15.2 Å². The molecular formula is C13H16F3NO2. The summed E-state index contributed by atoms with van der Waals surface area (Å²) in [6.07, 6.45) is -3.39. The van der Waals surface area contributed by atoms with Crippen LogP contribution in [0.2, 0.25) is 0 Å². The largest absolute Gasteiger partial charge is 0.493 e. The second kappa shape index (κ2) is 5.38. The van der Waals surface area contributed by atoms with Gasteiger partial charge in [0.25, 0.3) is 0 Å². The number of alkyl halides is 3. The average Bonchev–Trinajstić information content (AvgIpc) is 2.34. The zero-order valence-corrected chi connectivity index (χ0v) is 10.4. The number of rotatable bonds is 4. The Bertz CT molecular complexity index is 436. The maximum atomic E-state index is 12.0. The summed E-state index contributed by atoms with van der Waals surface area (Å²) in [5.74, 6) is 0.701. The molecule has 0 fully saturated rings. The minimum Gasteiger partial charge on any atom is -0.493 e. The van der Waals surface area contributed by atoms with E-state index in [-0.39, 0.29) is 6.61 Å². The fourth-order valence-corrected chi connectivity index (χ4v) is 2.18. The van der Waals surface area contributed by atoms with Crippen molar-refractivity contribution in [1.29, 1.82) is 0 Å². The van der Waals surface area contributed by atoms with Gasteiger partial charge in [0.1, 0.15) is 12.4 Å². The van der Waals surface area contributed by atoms with Crippen LogP contribution in [0.1, 0.15) is 18.4 Å². The molecule has 0 aliphatic carbocycles. The summed E-state index contributed by atoms with van der Waals surface area (Å²) < 4.78 is 46.1. The summed E-state index contributed by atoms with van der Waals surface area (Å²) in [5.41, 5.74) is 6.43. The Morgan fingerprint density at radius 2 is 2.05 bits per heavy atom. The van der Waals surface area contributed by atoms with Crippen LogP contribution in [0.3, 0.4) is 0 Å². The van der Waals surface area contributed by atoms with Gasteiger partial charge in [0.15, 0.2) is 0 Å². The van der Waals surface area contributed by atoms with E-state index in [2.05, 4.69) is 4.74 Å². The zero-order valence-electron chi connectivity index (χ0n) is 10.4. The van der Waals surface area contributed by atoms with Gasteiger partial charge in [-0.25, -0.2) is 0 Å². The van der Waals surface area contributed by atoms with Crippen molar-refractivity contribution in [3.63, 3.8) is 0 Å². The molecule has 1 aromatic rings. The van der Waals surface area contributed by atoms with Gasteiger partial charge in [0.05, 0.1) is 12.1 Å². The van der Waals surface area contributed by atoms with E-state index in [9.17, 15) is 13.2 Å². The van der Waals surface area contributed by atoms with Gasteiger partial charge in [-0.2, -0.15) is 13.2 Å². The summed E-state index contributed by atoms with van der Waals surface area (Å²) >= 11 is 0. The number of hydrogen-bond donors (Lipinski definition) is 1. The number of para-hydroxylation sites is 1. The quantitative estimate of drug-likeness (QED) is 0.859. The first-order chi connectivity index (χ1) is 8.91. The molecule has 1 heterocycles. The molecule has 1 aromatic carbocycles. The molecule has 6 heteroatoms. The van der Waals surface area contributed by atoms with E-state index in [4.69, 9.17) is 10.5 Å². The minimum absolute atomic E-state index is 0.0235. The molecule has 0 aromatic heterocycles. The monoisotopic (exact) mass is 275 g/mol. The number of halogens is 3. The molecular weight excluding hydrogens is 259 g/mol. The predicted octanol–water partition coefficient (Wildman–Crippen LogP) is 2.59. The number of ether oxygens (including phenoxy) is 2. The summed E-state index contributed by atoms with van der Waals surface area (Å²) in [6, 6.07) is 7.33. The molecule has 1 aliphatic heterocycles. The van der Waals surface area contributed by atoms with Crippen molar-refractivity contribution >= 4 is 0 Å². The molecule has 19 heavy (non-hydrogen) atoms. The number of hydrogen-bond acceptors (Lipinski definition) is 3. The summed E-state index contributed by atoms with van der Waals surface area (Å²) in [5, 5.41) is 0. The Hall–Kier alpha value is -1.27. The normalized spacial score (nSPS) is 22.7. The highest BCUT2D eigenvalue weighted by molar-refractivity contribution is 5.40. The smallest absolute Gasteiger partial charge is 0.411 e. The Morgan fingerprint density at radius 3 is 2.79 bits per heavy atom. The summed E-state index contributed by atoms with van der Waals surface area (Å²) in [6.45, 7) is -0.793. The van der Waals surface area contributed by atoms with Gasteiger partial charge in [0.2, 0.25) is 0 Å². The fraction of sp³-hybridized carbons (Fsp3) is 0.538. The van der Waals surface area contributed by atoms with Crippen molar-refractivity contribution in [1.82, 2.24) is 0 Å². The van der Waals surface area contributed by atoms with E-state index in [0.717, 1.165) is 5.56 Å². The lowest BCUT2D eigenvalue weighted by Crippen LogP contribution is -2.42. The second-order valence-corrected chi connectivity index (χ2v) is 4.67. The van der Waals surface area contributed by atoms with Crippen LogP contribution >= 0.6 is 0 Å². The highest BCUT2D eigenvalue weighted by Crippen LogP contribution is 2.37. The number of nitrogens with two attached hydrogens (primary N) is 1. The third kappa shape index (κ3) is 3.61. The van der Waals surface area contributed by atoms with Crippen LogP contribution in [0.5, 0.6) is 5.75 Å². The van der Waals surface area contributed by atoms with Crippen LogP contribution in [-0.4, -0.2) is 26.0 Å². The number of benzene rings is 1. The molecule has 0 saturated carbocycles. The third-order valence-corrected chi connectivity index (χ3v) is 3.19. The van der Waals surface area contributed by atoms with Crippen molar-refractivity contribution in [3.8, 4) is 5.75 Å². The third-order valence-electron chi connectivity index (χ3n) is 3.19. The summed E-state index contributed by atoms with van der Waals surface area (Å²) in [7, 11) is 0. The van der Waals surface area contributed by atoms with E-state index in [1.165, 1.54) is 0 Å². The first-order valence-electron chi connectivity index (χ1n) is 6.06. The molecule has 2 rings (SSSR count). The topological polar surface area (TPSA) is 44.5 Å². The molecule has 1 aliphatic rings. The van der Waals surface area contributed by atoms with Gasteiger partial charge in [-0.05, 0) is 12.5 Å². The van der Waals surface area contributed by atoms with Crippen LogP contribution in [0.4, 0.5) is 13.2 Å². The Morgan fingerprint density at radius 1 is 1.32 bits per heavy atom. The van der Waals surface area contributed by atoms with Crippen molar-refractivity contribution in [2.24, 2.45) is 5.73 Å². The maximum absolute atomic E-state index is 12.0. The Labute approximate surface area is 109 Å². The average molecular weight is 275 g/mol. The van der Waals surface area contributed by atoms with E-state index in [1.54, 1.807) is 0 Å². The first kappa shape index (κ1) is 14.1. The Kier molecular flexibility index (Phi) is 4.01. The van der Waals surface area contributed by atoms with E-state index in [1.807, 2.05) is 24.3 Å². The molecule has 0 radical (unpaired) electrons. The molecule has 0 bridgehead atoms. The van der Waals surface area contributed by atoms with Crippen LogP contribution in [0.15, 0.2) is 24.3 Å². The molecule has 1 atom stereocenters. The molecule has 0 saturated heterocycles. The highest BCUT2D eigenvalue weighted by atomic mass is 19.4.